The molecule has 0 amide bonds. The number of halogens is 3. The lowest BCUT2D eigenvalue weighted by Crippen LogP contribution is -2.27. The SMILES string of the molecule is CCC(CCNS(=O)(=O)c1cn(CC)nc1C)n1nc(C(F)(F)F)cc1C. The number of alkyl halides is 3. The van der Waals surface area contributed by atoms with Crippen molar-refractivity contribution < 1.29 is 21.6 Å². The van der Waals surface area contributed by atoms with Gasteiger partial charge in [-0.3, -0.25) is 9.36 Å². The van der Waals surface area contributed by atoms with Gasteiger partial charge in [-0.1, -0.05) is 6.92 Å². The molecule has 27 heavy (non-hydrogen) atoms. The van der Waals surface area contributed by atoms with Crippen molar-refractivity contribution in [2.24, 2.45) is 0 Å². The van der Waals surface area contributed by atoms with E-state index in [1.54, 1.807) is 13.8 Å². The fourth-order valence-electron chi connectivity index (χ4n) is 2.86. The largest absolute Gasteiger partial charge is 0.435 e. The Balaban J connectivity index is 2.08. The molecule has 0 aliphatic carbocycles. The molecule has 0 radical (unpaired) electrons. The molecule has 0 aliphatic rings. The molecule has 0 aromatic carbocycles. The molecule has 152 valence electrons. The van der Waals surface area contributed by atoms with Gasteiger partial charge in [-0.25, -0.2) is 13.1 Å². The van der Waals surface area contributed by atoms with Crippen LogP contribution in [0.5, 0.6) is 0 Å². The number of aromatic nitrogens is 4. The summed E-state index contributed by atoms with van der Waals surface area (Å²) >= 11 is 0. The van der Waals surface area contributed by atoms with Gasteiger partial charge in [-0.05, 0) is 39.7 Å². The molecular formula is C16H24F3N5O2S. The van der Waals surface area contributed by atoms with Crippen molar-refractivity contribution in [3.05, 3.63) is 29.3 Å². The van der Waals surface area contributed by atoms with E-state index >= 15 is 0 Å². The van der Waals surface area contributed by atoms with Crippen LogP contribution in [-0.2, 0) is 22.7 Å². The molecule has 0 saturated carbocycles. The Kier molecular flexibility index (Phi) is 6.35. The Morgan fingerprint density at radius 3 is 2.37 bits per heavy atom. The Bertz CT molecular complexity index is 886. The maximum absolute atomic E-state index is 12.8. The third-order valence-electron chi connectivity index (χ3n) is 4.31. The maximum atomic E-state index is 12.8. The summed E-state index contributed by atoms with van der Waals surface area (Å²) in [5.74, 6) is 0. The standard InChI is InChI=1S/C16H24F3N5O2S/c1-5-13(24-11(3)9-15(22-24)16(17,18)19)7-8-20-27(25,26)14-10-23(6-2)21-12(14)4/h9-10,13,20H,5-8H2,1-4H3. The van der Waals surface area contributed by atoms with Crippen LogP contribution in [0.25, 0.3) is 0 Å². The van der Waals surface area contributed by atoms with Gasteiger partial charge in [0.15, 0.2) is 5.69 Å². The zero-order valence-electron chi connectivity index (χ0n) is 15.7. The van der Waals surface area contributed by atoms with E-state index in [0.29, 0.717) is 30.8 Å². The quantitative estimate of drug-likeness (QED) is 0.729. The number of aryl methyl sites for hydroxylation is 3. The predicted molar refractivity (Wildman–Crippen MR) is 93.7 cm³/mol. The first-order valence-corrected chi connectivity index (χ1v) is 10.1. The number of hydrogen-bond donors (Lipinski definition) is 1. The topological polar surface area (TPSA) is 81.8 Å². The molecule has 2 aromatic heterocycles. The van der Waals surface area contributed by atoms with Gasteiger partial charge in [0.25, 0.3) is 0 Å². The van der Waals surface area contributed by atoms with Gasteiger partial charge in [0.2, 0.25) is 10.0 Å². The molecule has 7 nitrogen and oxygen atoms in total. The fourth-order valence-corrected chi connectivity index (χ4v) is 4.09. The molecule has 0 bridgehead atoms. The fraction of sp³-hybridized carbons (Fsp3) is 0.625. The summed E-state index contributed by atoms with van der Waals surface area (Å²) in [4.78, 5) is 0.104. The first kappa shape index (κ1) is 21.4. The van der Waals surface area contributed by atoms with Crippen molar-refractivity contribution in [1.29, 1.82) is 0 Å². The minimum Gasteiger partial charge on any atom is -0.271 e. The predicted octanol–water partition coefficient (Wildman–Crippen LogP) is 3.05. The second-order valence-electron chi connectivity index (χ2n) is 6.30. The first-order valence-electron chi connectivity index (χ1n) is 8.66. The van der Waals surface area contributed by atoms with Gasteiger partial charge in [0.1, 0.15) is 4.90 Å². The summed E-state index contributed by atoms with van der Waals surface area (Å²) in [6, 6.07) is 0.651. The van der Waals surface area contributed by atoms with Gasteiger partial charge in [-0.2, -0.15) is 23.4 Å². The smallest absolute Gasteiger partial charge is 0.271 e. The maximum Gasteiger partial charge on any atom is 0.435 e. The van der Waals surface area contributed by atoms with Crippen molar-refractivity contribution in [3.8, 4) is 0 Å². The highest BCUT2D eigenvalue weighted by atomic mass is 32.2. The third-order valence-corrected chi connectivity index (χ3v) is 5.88. The zero-order chi connectivity index (χ0) is 20.4. The average Bonchev–Trinajstić information content (AvgIpc) is 3.14. The number of hydrogen-bond acceptors (Lipinski definition) is 4. The molecule has 0 saturated heterocycles. The highest BCUT2D eigenvalue weighted by Crippen LogP contribution is 2.30. The highest BCUT2D eigenvalue weighted by Gasteiger charge is 2.35. The summed E-state index contributed by atoms with van der Waals surface area (Å²) in [5.41, 5.74) is -0.159. The highest BCUT2D eigenvalue weighted by molar-refractivity contribution is 7.89. The molecule has 1 atom stereocenters. The number of nitrogens with zero attached hydrogens (tertiary/aromatic N) is 4. The molecule has 0 spiro atoms. The number of sulfonamides is 1. The minimum absolute atomic E-state index is 0.0816. The van der Waals surface area contributed by atoms with E-state index in [-0.39, 0.29) is 17.5 Å². The lowest BCUT2D eigenvalue weighted by Gasteiger charge is -2.18. The molecule has 0 aliphatic heterocycles. The molecular weight excluding hydrogens is 383 g/mol. The van der Waals surface area contributed by atoms with Gasteiger partial charge < -0.3 is 0 Å². The number of nitrogens with one attached hydrogen (secondary N) is 1. The van der Waals surface area contributed by atoms with Crippen LogP contribution < -0.4 is 4.72 Å². The Hall–Kier alpha value is -1.88. The Morgan fingerprint density at radius 1 is 1.22 bits per heavy atom. The first-order chi connectivity index (χ1) is 12.5. The van der Waals surface area contributed by atoms with Crippen molar-refractivity contribution in [1.82, 2.24) is 24.3 Å². The average molecular weight is 407 g/mol. The van der Waals surface area contributed by atoms with Gasteiger partial charge in [0.05, 0.1) is 11.7 Å². The summed E-state index contributed by atoms with van der Waals surface area (Å²) in [6.07, 6.45) is -2.21. The minimum atomic E-state index is -4.51. The van der Waals surface area contributed by atoms with Crippen LogP contribution in [0.2, 0.25) is 0 Å². The van der Waals surface area contributed by atoms with Crippen molar-refractivity contribution >= 4 is 10.0 Å². The van der Waals surface area contributed by atoms with E-state index in [9.17, 15) is 21.6 Å². The molecule has 2 heterocycles. The van der Waals surface area contributed by atoms with Gasteiger partial charge in [-0.15, -0.1) is 0 Å². The van der Waals surface area contributed by atoms with Gasteiger partial charge >= 0.3 is 6.18 Å². The summed E-state index contributed by atoms with van der Waals surface area (Å²) in [5, 5.41) is 7.77. The van der Waals surface area contributed by atoms with Crippen LogP contribution in [0.1, 0.15) is 49.8 Å². The van der Waals surface area contributed by atoms with Gasteiger partial charge in [0, 0.05) is 25.0 Å². The normalized spacial score (nSPS) is 13.9. The monoisotopic (exact) mass is 407 g/mol. The lowest BCUT2D eigenvalue weighted by atomic mass is 10.1. The Labute approximate surface area is 156 Å². The lowest BCUT2D eigenvalue weighted by molar-refractivity contribution is -0.141. The van der Waals surface area contributed by atoms with E-state index in [0.717, 1.165) is 6.07 Å². The third kappa shape index (κ3) is 4.89. The van der Waals surface area contributed by atoms with E-state index in [1.165, 1.54) is 15.6 Å². The summed E-state index contributed by atoms with van der Waals surface area (Å²) in [6.45, 7) is 7.47. The second kappa shape index (κ2) is 8.01. The molecule has 1 N–H and O–H groups in total. The van der Waals surface area contributed by atoms with Crippen LogP contribution in [0.15, 0.2) is 17.2 Å². The van der Waals surface area contributed by atoms with Crippen molar-refractivity contribution in [2.75, 3.05) is 6.54 Å². The van der Waals surface area contributed by atoms with Crippen LogP contribution >= 0.6 is 0 Å². The molecule has 1 unspecified atom stereocenters. The summed E-state index contributed by atoms with van der Waals surface area (Å²) < 4.78 is 68.8. The summed E-state index contributed by atoms with van der Waals surface area (Å²) in [7, 11) is -3.74. The van der Waals surface area contributed by atoms with Crippen molar-refractivity contribution in [2.45, 2.75) is 64.2 Å². The van der Waals surface area contributed by atoms with E-state index in [4.69, 9.17) is 0 Å². The second-order valence-corrected chi connectivity index (χ2v) is 8.03. The van der Waals surface area contributed by atoms with E-state index in [1.807, 2.05) is 13.8 Å². The molecule has 0 fully saturated rings. The van der Waals surface area contributed by atoms with Crippen LogP contribution in [0, 0.1) is 13.8 Å². The van der Waals surface area contributed by atoms with E-state index < -0.39 is 21.9 Å². The molecule has 11 heteroatoms. The Morgan fingerprint density at radius 2 is 1.89 bits per heavy atom. The van der Waals surface area contributed by atoms with E-state index in [2.05, 4.69) is 14.9 Å². The van der Waals surface area contributed by atoms with Crippen LogP contribution in [-0.4, -0.2) is 34.5 Å². The zero-order valence-corrected chi connectivity index (χ0v) is 16.5. The molecule has 2 aromatic rings. The van der Waals surface area contributed by atoms with Crippen LogP contribution in [0.4, 0.5) is 13.2 Å². The van der Waals surface area contributed by atoms with Crippen molar-refractivity contribution in [3.63, 3.8) is 0 Å². The number of rotatable bonds is 8. The van der Waals surface area contributed by atoms with Crippen LogP contribution in [0.3, 0.4) is 0 Å². The molecule has 2 rings (SSSR count).